The molecule has 1 saturated heterocycles. The van der Waals surface area contributed by atoms with Crippen LogP contribution in [0.25, 0.3) is 0 Å². The Bertz CT molecular complexity index is 459. The van der Waals surface area contributed by atoms with E-state index in [4.69, 9.17) is 4.74 Å². The van der Waals surface area contributed by atoms with E-state index in [1.165, 1.54) is 0 Å². The summed E-state index contributed by atoms with van der Waals surface area (Å²) in [4.78, 5) is 0. The van der Waals surface area contributed by atoms with Crippen molar-refractivity contribution in [1.29, 1.82) is 0 Å². The lowest BCUT2D eigenvalue weighted by molar-refractivity contribution is 0.103. The summed E-state index contributed by atoms with van der Waals surface area (Å²) in [6.45, 7) is 0.813. The van der Waals surface area contributed by atoms with Crippen molar-refractivity contribution < 1.29 is 26.7 Å². The van der Waals surface area contributed by atoms with Crippen LogP contribution in [0.4, 0.5) is 27.6 Å². The molecule has 1 fully saturated rings. The second-order valence-corrected chi connectivity index (χ2v) is 4.65. The van der Waals surface area contributed by atoms with Crippen LogP contribution >= 0.6 is 0 Å². The standard InChI is InChI=1S/C13H14F5NO/c14-8-9(15)11(17)13(12(18)10(8)16)19-5-1-3-7-4-2-6-20-7/h7,19H,1-6H2. The molecule has 1 N–H and O–H groups in total. The van der Waals surface area contributed by atoms with Crippen molar-refractivity contribution in [2.75, 3.05) is 18.5 Å². The van der Waals surface area contributed by atoms with Crippen LogP contribution in [0, 0.1) is 29.1 Å². The molecule has 1 heterocycles. The fourth-order valence-electron chi connectivity index (χ4n) is 2.18. The van der Waals surface area contributed by atoms with Gasteiger partial charge in [-0.2, -0.15) is 0 Å². The molecule has 0 amide bonds. The molecule has 1 aromatic rings. The summed E-state index contributed by atoms with van der Waals surface area (Å²) in [7, 11) is 0. The zero-order valence-corrected chi connectivity index (χ0v) is 10.6. The number of halogens is 5. The molecule has 1 aliphatic rings. The summed E-state index contributed by atoms with van der Waals surface area (Å²) in [5, 5.41) is 2.26. The van der Waals surface area contributed by atoms with Gasteiger partial charge >= 0.3 is 0 Å². The topological polar surface area (TPSA) is 21.3 Å². The smallest absolute Gasteiger partial charge is 0.200 e. The van der Waals surface area contributed by atoms with Crippen LogP contribution in [0.1, 0.15) is 25.7 Å². The summed E-state index contributed by atoms with van der Waals surface area (Å²) >= 11 is 0. The van der Waals surface area contributed by atoms with Crippen molar-refractivity contribution in [1.82, 2.24) is 0 Å². The summed E-state index contributed by atoms with van der Waals surface area (Å²) in [5.41, 5.74) is -0.978. The maximum absolute atomic E-state index is 13.3. The lowest BCUT2D eigenvalue weighted by Crippen LogP contribution is -2.13. The molecule has 1 aromatic carbocycles. The number of ether oxygens (including phenoxy) is 1. The first-order valence-electron chi connectivity index (χ1n) is 6.39. The van der Waals surface area contributed by atoms with E-state index in [0.29, 0.717) is 19.4 Å². The molecule has 1 atom stereocenters. The van der Waals surface area contributed by atoms with Gasteiger partial charge in [0.1, 0.15) is 5.69 Å². The maximum Gasteiger partial charge on any atom is 0.200 e. The number of hydrogen-bond acceptors (Lipinski definition) is 2. The molecule has 7 heteroatoms. The Morgan fingerprint density at radius 2 is 1.55 bits per heavy atom. The monoisotopic (exact) mass is 295 g/mol. The highest BCUT2D eigenvalue weighted by Crippen LogP contribution is 2.27. The second kappa shape index (κ2) is 6.39. The lowest BCUT2D eigenvalue weighted by atomic mass is 10.1. The zero-order chi connectivity index (χ0) is 14.7. The van der Waals surface area contributed by atoms with Crippen molar-refractivity contribution >= 4 is 5.69 Å². The third kappa shape index (κ3) is 3.03. The molecule has 20 heavy (non-hydrogen) atoms. The van der Waals surface area contributed by atoms with E-state index in [1.54, 1.807) is 0 Å². The highest BCUT2D eigenvalue weighted by molar-refractivity contribution is 5.47. The molecule has 0 radical (unpaired) electrons. The third-order valence-electron chi connectivity index (χ3n) is 3.24. The molecule has 0 saturated carbocycles. The predicted octanol–water partition coefficient (Wildman–Crippen LogP) is 3.75. The Balaban J connectivity index is 1.95. The number of nitrogens with one attached hydrogen (secondary N) is 1. The van der Waals surface area contributed by atoms with Crippen LogP contribution in [-0.4, -0.2) is 19.3 Å². The van der Waals surface area contributed by atoms with Crippen LogP contribution in [0.3, 0.4) is 0 Å². The number of anilines is 1. The maximum atomic E-state index is 13.3. The Hall–Kier alpha value is -1.37. The van der Waals surface area contributed by atoms with Crippen molar-refractivity contribution in [2.45, 2.75) is 31.8 Å². The molecule has 0 bridgehead atoms. The second-order valence-electron chi connectivity index (χ2n) is 4.65. The van der Waals surface area contributed by atoms with Crippen molar-refractivity contribution in [3.05, 3.63) is 29.1 Å². The van der Waals surface area contributed by atoms with Gasteiger partial charge < -0.3 is 10.1 Å². The molecule has 0 aliphatic carbocycles. The molecule has 0 aromatic heterocycles. The van der Waals surface area contributed by atoms with Crippen molar-refractivity contribution in [3.63, 3.8) is 0 Å². The molecule has 0 spiro atoms. The van der Waals surface area contributed by atoms with Gasteiger partial charge in [0.25, 0.3) is 0 Å². The van der Waals surface area contributed by atoms with E-state index in [-0.39, 0.29) is 12.6 Å². The number of rotatable bonds is 5. The summed E-state index contributed by atoms with van der Waals surface area (Å²) < 4.78 is 70.7. The van der Waals surface area contributed by atoms with Crippen molar-refractivity contribution in [2.24, 2.45) is 0 Å². The first kappa shape index (κ1) is 15.0. The van der Waals surface area contributed by atoms with E-state index in [0.717, 1.165) is 12.8 Å². The van der Waals surface area contributed by atoms with Crippen LogP contribution in [-0.2, 0) is 4.74 Å². The van der Waals surface area contributed by atoms with Crippen LogP contribution in [0.5, 0.6) is 0 Å². The van der Waals surface area contributed by atoms with E-state index < -0.39 is 34.8 Å². The summed E-state index contributed by atoms with van der Waals surface area (Å²) in [5.74, 6) is -9.70. The van der Waals surface area contributed by atoms with Gasteiger partial charge in [-0.05, 0) is 25.7 Å². The van der Waals surface area contributed by atoms with Crippen LogP contribution < -0.4 is 5.32 Å². The molecule has 1 aliphatic heterocycles. The Morgan fingerprint density at radius 3 is 2.10 bits per heavy atom. The van der Waals surface area contributed by atoms with Crippen LogP contribution in [0.15, 0.2) is 0 Å². The van der Waals surface area contributed by atoms with Gasteiger partial charge in [-0.3, -0.25) is 0 Å². The largest absolute Gasteiger partial charge is 0.380 e. The van der Waals surface area contributed by atoms with Gasteiger partial charge in [-0.15, -0.1) is 0 Å². The molecule has 2 rings (SSSR count). The van der Waals surface area contributed by atoms with Crippen molar-refractivity contribution in [3.8, 4) is 0 Å². The van der Waals surface area contributed by atoms with Gasteiger partial charge in [0.15, 0.2) is 23.3 Å². The van der Waals surface area contributed by atoms with Gasteiger partial charge in [0, 0.05) is 13.2 Å². The van der Waals surface area contributed by atoms with Crippen LogP contribution in [0.2, 0.25) is 0 Å². The van der Waals surface area contributed by atoms with E-state index in [1.807, 2.05) is 0 Å². The first-order valence-corrected chi connectivity index (χ1v) is 6.39. The minimum absolute atomic E-state index is 0.109. The van der Waals surface area contributed by atoms with Gasteiger partial charge in [-0.1, -0.05) is 0 Å². The quantitative estimate of drug-likeness (QED) is 0.386. The zero-order valence-electron chi connectivity index (χ0n) is 10.6. The molecular weight excluding hydrogens is 281 g/mol. The molecule has 112 valence electrons. The van der Waals surface area contributed by atoms with Gasteiger partial charge in [0.05, 0.1) is 6.10 Å². The summed E-state index contributed by atoms with van der Waals surface area (Å²) in [6, 6.07) is 0. The first-order chi connectivity index (χ1) is 9.52. The summed E-state index contributed by atoms with van der Waals surface area (Å²) in [6.07, 6.45) is 3.23. The minimum Gasteiger partial charge on any atom is -0.380 e. The predicted molar refractivity (Wildman–Crippen MR) is 62.9 cm³/mol. The fraction of sp³-hybridized carbons (Fsp3) is 0.538. The van der Waals surface area contributed by atoms with E-state index in [9.17, 15) is 22.0 Å². The highest BCUT2D eigenvalue weighted by atomic mass is 19.2. The average molecular weight is 295 g/mol. The average Bonchev–Trinajstić information content (AvgIpc) is 2.95. The Kier molecular flexibility index (Phi) is 4.80. The minimum atomic E-state index is -2.15. The normalized spacial score (nSPS) is 18.6. The third-order valence-corrected chi connectivity index (χ3v) is 3.24. The SMILES string of the molecule is Fc1c(F)c(F)c(NCCCC2CCCO2)c(F)c1F. The molecular formula is C13H14F5NO. The number of benzene rings is 1. The van der Waals surface area contributed by atoms with E-state index in [2.05, 4.69) is 5.32 Å². The van der Waals surface area contributed by atoms with E-state index >= 15 is 0 Å². The Labute approximate surface area is 112 Å². The fourth-order valence-corrected chi connectivity index (χ4v) is 2.18. The lowest BCUT2D eigenvalue weighted by Gasteiger charge is -2.12. The Morgan fingerprint density at radius 1 is 0.950 bits per heavy atom. The van der Waals surface area contributed by atoms with Gasteiger partial charge in [-0.25, -0.2) is 22.0 Å². The highest BCUT2D eigenvalue weighted by Gasteiger charge is 2.25. The molecule has 2 nitrogen and oxygen atoms in total. The molecule has 1 unspecified atom stereocenters. The van der Waals surface area contributed by atoms with Gasteiger partial charge in [0.2, 0.25) is 5.82 Å². The number of hydrogen-bond donors (Lipinski definition) is 1.